The Kier molecular flexibility index (Phi) is 5.54. The Bertz CT molecular complexity index is 751. The fraction of sp³-hybridized carbons (Fsp3) is 0.696. The van der Waals surface area contributed by atoms with E-state index in [-0.39, 0.29) is 11.5 Å². The van der Waals surface area contributed by atoms with Crippen molar-refractivity contribution in [1.29, 1.82) is 0 Å². The van der Waals surface area contributed by atoms with Gasteiger partial charge in [-0.1, -0.05) is 13.8 Å². The maximum atomic E-state index is 12.5. The van der Waals surface area contributed by atoms with Crippen molar-refractivity contribution in [1.82, 2.24) is 10.3 Å². The van der Waals surface area contributed by atoms with Crippen LogP contribution in [0.3, 0.4) is 0 Å². The van der Waals surface area contributed by atoms with Crippen molar-refractivity contribution in [2.75, 3.05) is 24.5 Å². The third kappa shape index (κ3) is 4.12. The molecule has 4 fully saturated rings. The zero-order chi connectivity index (χ0) is 20.6. The maximum absolute atomic E-state index is 12.5. The van der Waals surface area contributed by atoms with Crippen LogP contribution in [0.4, 0.5) is 5.82 Å². The zero-order valence-electron chi connectivity index (χ0n) is 17.6. The summed E-state index contributed by atoms with van der Waals surface area (Å²) < 4.78 is 0. The number of hydrogen-bond donors (Lipinski definition) is 2. The molecule has 0 radical (unpaired) electrons. The monoisotopic (exact) mass is 399 g/mol. The molecule has 1 amide bonds. The molecule has 1 aromatic rings. The minimum atomic E-state index is -0.956. The Morgan fingerprint density at radius 1 is 1.21 bits per heavy atom. The lowest BCUT2D eigenvalue weighted by molar-refractivity contribution is -0.125. The first-order valence-corrected chi connectivity index (χ1v) is 11.1. The summed E-state index contributed by atoms with van der Waals surface area (Å²) in [5, 5.41) is 12.2. The molecule has 2 heterocycles. The first-order chi connectivity index (χ1) is 13.8. The van der Waals surface area contributed by atoms with Crippen LogP contribution in [0.1, 0.15) is 62.7 Å². The van der Waals surface area contributed by atoms with Crippen LogP contribution < -0.4 is 10.2 Å². The van der Waals surface area contributed by atoms with Gasteiger partial charge in [-0.05, 0) is 73.3 Å². The number of nitrogens with one attached hydrogen (secondary N) is 1. The van der Waals surface area contributed by atoms with Gasteiger partial charge in [0.2, 0.25) is 5.91 Å². The Balaban J connectivity index is 1.19. The zero-order valence-corrected chi connectivity index (χ0v) is 17.6. The lowest BCUT2D eigenvalue weighted by Gasteiger charge is -2.60. The molecule has 1 saturated heterocycles. The molecule has 1 aliphatic heterocycles. The van der Waals surface area contributed by atoms with Gasteiger partial charge in [0.15, 0.2) is 0 Å². The molecule has 0 aromatic carbocycles. The van der Waals surface area contributed by atoms with Gasteiger partial charge >= 0.3 is 5.97 Å². The van der Waals surface area contributed by atoms with Crippen molar-refractivity contribution in [3.8, 4) is 0 Å². The van der Waals surface area contributed by atoms with E-state index in [0.717, 1.165) is 50.1 Å². The number of carboxylic acids is 1. The molecular weight excluding hydrogens is 366 g/mol. The number of carbonyl (C=O) groups excluding carboxylic acids is 1. The van der Waals surface area contributed by atoms with Crippen molar-refractivity contribution < 1.29 is 14.7 Å². The van der Waals surface area contributed by atoms with Crippen molar-refractivity contribution in [2.24, 2.45) is 29.1 Å². The molecule has 3 saturated carbocycles. The minimum absolute atomic E-state index is 0.201. The van der Waals surface area contributed by atoms with Crippen LogP contribution in [0.15, 0.2) is 18.3 Å². The molecule has 5 rings (SSSR count). The number of fused-ring (bicyclic) bond motifs is 2. The summed E-state index contributed by atoms with van der Waals surface area (Å²) in [6.45, 7) is 7.36. The highest BCUT2D eigenvalue weighted by atomic mass is 16.4. The molecule has 6 heteroatoms. The predicted molar refractivity (Wildman–Crippen MR) is 112 cm³/mol. The summed E-state index contributed by atoms with van der Waals surface area (Å²) in [6, 6.07) is 3.37. The van der Waals surface area contributed by atoms with Gasteiger partial charge in [0.1, 0.15) is 5.82 Å². The number of pyridine rings is 1. The van der Waals surface area contributed by atoms with Crippen LogP contribution >= 0.6 is 0 Å². The van der Waals surface area contributed by atoms with Crippen LogP contribution in [0.25, 0.3) is 0 Å². The van der Waals surface area contributed by atoms with E-state index in [2.05, 4.69) is 29.0 Å². The summed E-state index contributed by atoms with van der Waals surface area (Å²) in [4.78, 5) is 29.9. The number of anilines is 1. The van der Waals surface area contributed by atoms with E-state index in [1.54, 1.807) is 12.1 Å². The van der Waals surface area contributed by atoms with Crippen molar-refractivity contribution in [3.05, 3.63) is 23.9 Å². The topological polar surface area (TPSA) is 82.5 Å². The molecule has 3 atom stereocenters. The third-order valence-corrected chi connectivity index (χ3v) is 7.97. The standard InChI is InChI=1S/C23H33N3O3/c1-23(2)18-5-3-16(19(23)12-18)13-25-21(27)11-15-7-9-26(10-8-15)20-6-4-17(14-24-20)22(28)29/h4,6,14-16,18-19H,3,5,7-13H2,1-2H3,(H,25,27)(H,28,29)/t16-,18-,19-/m0/s1. The number of nitrogens with zero attached hydrogens (tertiary/aromatic N) is 2. The minimum Gasteiger partial charge on any atom is -0.478 e. The lowest BCUT2D eigenvalue weighted by Crippen LogP contribution is -2.54. The second-order valence-corrected chi connectivity index (χ2v) is 9.85. The fourth-order valence-electron chi connectivity index (χ4n) is 5.85. The molecule has 6 nitrogen and oxygen atoms in total. The SMILES string of the molecule is CC1(C)[C@H]2CC[C@@H](CNC(=O)CC3CCN(c4ccc(C(=O)O)cn4)CC3)[C@@H]1C2. The van der Waals surface area contributed by atoms with Crippen LogP contribution in [-0.4, -0.2) is 41.6 Å². The number of piperidine rings is 1. The first kappa shape index (κ1) is 20.2. The van der Waals surface area contributed by atoms with Crippen LogP contribution in [0, 0.1) is 29.1 Å². The third-order valence-electron chi connectivity index (χ3n) is 7.97. The Labute approximate surface area is 173 Å². The van der Waals surface area contributed by atoms with E-state index in [1.165, 1.54) is 25.5 Å². The number of aromatic carboxylic acids is 1. The highest BCUT2D eigenvalue weighted by Gasteiger charge is 2.53. The predicted octanol–water partition coefficient (Wildman–Crippen LogP) is 3.57. The van der Waals surface area contributed by atoms with Gasteiger partial charge in [0.05, 0.1) is 5.56 Å². The highest BCUT2D eigenvalue weighted by Crippen LogP contribution is 2.61. The molecule has 0 unspecified atom stereocenters. The number of amides is 1. The summed E-state index contributed by atoms with van der Waals surface area (Å²) in [5.74, 6) is 2.82. The molecule has 2 bridgehead atoms. The highest BCUT2D eigenvalue weighted by molar-refractivity contribution is 5.87. The van der Waals surface area contributed by atoms with Crippen molar-refractivity contribution in [3.63, 3.8) is 0 Å². The molecule has 29 heavy (non-hydrogen) atoms. The Hall–Kier alpha value is -2.11. The fourth-order valence-corrected chi connectivity index (χ4v) is 5.85. The van der Waals surface area contributed by atoms with E-state index in [1.807, 2.05) is 0 Å². The van der Waals surface area contributed by atoms with Gasteiger partial charge in [-0.2, -0.15) is 0 Å². The second kappa shape index (κ2) is 7.96. The Morgan fingerprint density at radius 2 is 1.97 bits per heavy atom. The number of aromatic nitrogens is 1. The van der Waals surface area contributed by atoms with E-state index in [4.69, 9.17) is 5.11 Å². The molecule has 2 N–H and O–H groups in total. The largest absolute Gasteiger partial charge is 0.478 e. The smallest absolute Gasteiger partial charge is 0.337 e. The molecule has 1 aromatic heterocycles. The second-order valence-electron chi connectivity index (χ2n) is 9.85. The van der Waals surface area contributed by atoms with Gasteiger partial charge in [-0.25, -0.2) is 9.78 Å². The van der Waals surface area contributed by atoms with Crippen molar-refractivity contribution >= 4 is 17.7 Å². The van der Waals surface area contributed by atoms with Crippen molar-refractivity contribution in [2.45, 2.75) is 52.4 Å². The van der Waals surface area contributed by atoms with Gasteiger partial charge in [-0.3, -0.25) is 4.79 Å². The van der Waals surface area contributed by atoms with E-state index < -0.39 is 5.97 Å². The number of carboxylic acid groups (broad SMARTS) is 1. The van der Waals surface area contributed by atoms with Crippen LogP contribution in [-0.2, 0) is 4.79 Å². The summed E-state index contributed by atoms with van der Waals surface area (Å²) in [7, 11) is 0. The molecule has 158 valence electrons. The van der Waals surface area contributed by atoms with E-state index >= 15 is 0 Å². The first-order valence-electron chi connectivity index (χ1n) is 11.1. The van der Waals surface area contributed by atoms with Gasteiger partial charge < -0.3 is 15.3 Å². The summed E-state index contributed by atoms with van der Waals surface area (Å²) >= 11 is 0. The molecular formula is C23H33N3O3. The lowest BCUT2D eigenvalue weighted by atomic mass is 9.45. The Morgan fingerprint density at radius 3 is 2.55 bits per heavy atom. The molecule has 3 aliphatic carbocycles. The van der Waals surface area contributed by atoms with Crippen LogP contribution in [0.5, 0.6) is 0 Å². The average Bonchev–Trinajstić information content (AvgIpc) is 2.73. The van der Waals surface area contributed by atoms with Gasteiger partial charge in [-0.15, -0.1) is 0 Å². The normalized spacial score (nSPS) is 28.5. The summed E-state index contributed by atoms with van der Waals surface area (Å²) in [6.07, 6.45) is 7.91. The van der Waals surface area contributed by atoms with E-state index in [9.17, 15) is 9.59 Å². The quantitative estimate of drug-likeness (QED) is 0.764. The molecule has 0 spiro atoms. The number of rotatable bonds is 6. The van der Waals surface area contributed by atoms with E-state index in [0.29, 0.717) is 23.7 Å². The van der Waals surface area contributed by atoms with Gasteiger partial charge in [0.25, 0.3) is 0 Å². The summed E-state index contributed by atoms with van der Waals surface area (Å²) in [5.41, 5.74) is 0.677. The van der Waals surface area contributed by atoms with Crippen LogP contribution in [0.2, 0.25) is 0 Å². The maximum Gasteiger partial charge on any atom is 0.337 e. The average molecular weight is 400 g/mol. The van der Waals surface area contributed by atoms with Gasteiger partial charge in [0, 0.05) is 32.3 Å². The molecule has 4 aliphatic rings. The number of hydrogen-bond acceptors (Lipinski definition) is 4. The number of carbonyl (C=O) groups is 2.